The number of aliphatic hydroxyl groups is 1. The van der Waals surface area contributed by atoms with Gasteiger partial charge < -0.3 is 20.1 Å². The lowest BCUT2D eigenvalue weighted by Crippen LogP contribution is -2.56. The SMILES string of the molecule is O=C(N[C@@H]1CN(C(=O)OCc2ccccc2)CC[C@H]1O)c1ccc(Cl)cn1. The zero-order valence-electron chi connectivity index (χ0n) is 14.5. The molecule has 1 aromatic heterocycles. The van der Waals surface area contributed by atoms with Crippen LogP contribution in [0.15, 0.2) is 48.7 Å². The van der Waals surface area contributed by atoms with E-state index in [9.17, 15) is 14.7 Å². The van der Waals surface area contributed by atoms with E-state index in [0.717, 1.165) is 5.56 Å². The fourth-order valence-corrected chi connectivity index (χ4v) is 2.92. The molecule has 1 aliphatic heterocycles. The van der Waals surface area contributed by atoms with Crippen molar-refractivity contribution in [2.24, 2.45) is 0 Å². The van der Waals surface area contributed by atoms with Crippen LogP contribution in [0.1, 0.15) is 22.5 Å². The number of carbonyl (C=O) groups is 2. The van der Waals surface area contributed by atoms with Crippen LogP contribution in [-0.2, 0) is 11.3 Å². The molecule has 0 bridgehead atoms. The summed E-state index contributed by atoms with van der Waals surface area (Å²) in [6, 6.07) is 11.8. The highest BCUT2D eigenvalue weighted by Gasteiger charge is 2.32. The van der Waals surface area contributed by atoms with Crippen molar-refractivity contribution in [3.05, 3.63) is 64.9 Å². The van der Waals surface area contributed by atoms with Crippen LogP contribution in [0.2, 0.25) is 5.02 Å². The molecule has 2 atom stereocenters. The van der Waals surface area contributed by atoms with Crippen molar-refractivity contribution in [2.45, 2.75) is 25.2 Å². The Kier molecular flexibility index (Phi) is 6.26. The van der Waals surface area contributed by atoms with Crippen LogP contribution in [0.4, 0.5) is 4.79 Å². The van der Waals surface area contributed by atoms with Crippen molar-refractivity contribution in [1.82, 2.24) is 15.2 Å². The maximum absolute atomic E-state index is 12.3. The minimum Gasteiger partial charge on any atom is -0.445 e. The second kappa shape index (κ2) is 8.83. The number of carbonyl (C=O) groups excluding carboxylic acids is 2. The van der Waals surface area contributed by atoms with Crippen molar-refractivity contribution >= 4 is 23.6 Å². The van der Waals surface area contributed by atoms with Gasteiger partial charge in [0.05, 0.1) is 17.2 Å². The molecular weight excluding hydrogens is 370 g/mol. The second-order valence-corrected chi connectivity index (χ2v) is 6.72. The van der Waals surface area contributed by atoms with Crippen LogP contribution in [0, 0.1) is 0 Å². The quantitative estimate of drug-likeness (QED) is 0.836. The van der Waals surface area contributed by atoms with Gasteiger partial charge in [-0.15, -0.1) is 0 Å². The molecule has 7 nitrogen and oxygen atoms in total. The molecule has 1 fully saturated rings. The number of hydrogen-bond donors (Lipinski definition) is 2. The van der Waals surface area contributed by atoms with Crippen molar-refractivity contribution < 1.29 is 19.4 Å². The summed E-state index contributed by atoms with van der Waals surface area (Å²) in [5.74, 6) is -0.435. The molecule has 1 saturated heterocycles. The lowest BCUT2D eigenvalue weighted by Gasteiger charge is -2.35. The minimum absolute atomic E-state index is 0.161. The van der Waals surface area contributed by atoms with E-state index >= 15 is 0 Å². The first-order valence-corrected chi connectivity index (χ1v) is 8.97. The zero-order valence-corrected chi connectivity index (χ0v) is 15.3. The predicted octanol–water partition coefficient (Wildman–Crippen LogP) is 2.24. The van der Waals surface area contributed by atoms with Gasteiger partial charge in [-0.3, -0.25) is 4.79 Å². The van der Waals surface area contributed by atoms with Gasteiger partial charge in [-0.1, -0.05) is 41.9 Å². The highest BCUT2D eigenvalue weighted by Crippen LogP contribution is 2.14. The van der Waals surface area contributed by atoms with Crippen molar-refractivity contribution in [3.63, 3.8) is 0 Å². The van der Waals surface area contributed by atoms with E-state index < -0.39 is 24.1 Å². The number of likely N-dealkylation sites (tertiary alicyclic amines) is 1. The first-order valence-electron chi connectivity index (χ1n) is 8.59. The predicted molar refractivity (Wildman–Crippen MR) is 99.3 cm³/mol. The molecule has 0 spiro atoms. The third-order valence-electron chi connectivity index (χ3n) is 4.32. The molecule has 8 heteroatoms. The second-order valence-electron chi connectivity index (χ2n) is 6.28. The third-order valence-corrected chi connectivity index (χ3v) is 4.54. The van der Waals surface area contributed by atoms with Crippen molar-refractivity contribution in [2.75, 3.05) is 13.1 Å². The zero-order chi connectivity index (χ0) is 19.2. The van der Waals surface area contributed by atoms with Gasteiger partial charge in [0, 0.05) is 19.3 Å². The van der Waals surface area contributed by atoms with Crippen LogP contribution >= 0.6 is 11.6 Å². The number of hydrogen-bond acceptors (Lipinski definition) is 5. The van der Waals surface area contributed by atoms with Gasteiger partial charge >= 0.3 is 6.09 Å². The third kappa shape index (κ3) is 5.18. The first kappa shape index (κ1) is 19.1. The largest absolute Gasteiger partial charge is 0.445 e. The summed E-state index contributed by atoms with van der Waals surface area (Å²) in [5.41, 5.74) is 1.08. The summed E-state index contributed by atoms with van der Waals surface area (Å²) >= 11 is 5.77. The van der Waals surface area contributed by atoms with E-state index in [1.54, 1.807) is 6.07 Å². The number of pyridine rings is 1. The van der Waals surface area contributed by atoms with Crippen LogP contribution < -0.4 is 5.32 Å². The number of amides is 2. The highest BCUT2D eigenvalue weighted by molar-refractivity contribution is 6.30. The van der Waals surface area contributed by atoms with Gasteiger partial charge in [0.25, 0.3) is 5.91 Å². The number of aliphatic hydroxyl groups excluding tert-OH is 1. The monoisotopic (exact) mass is 389 g/mol. The Morgan fingerprint density at radius 1 is 1.26 bits per heavy atom. The van der Waals surface area contributed by atoms with Gasteiger partial charge in [-0.2, -0.15) is 0 Å². The molecule has 0 saturated carbocycles. The van der Waals surface area contributed by atoms with Gasteiger partial charge in [0.2, 0.25) is 0 Å². The van der Waals surface area contributed by atoms with Crippen molar-refractivity contribution in [3.8, 4) is 0 Å². The summed E-state index contributed by atoms with van der Waals surface area (Å²) in [6.45, 7) is 0.693. The number of nitrogens with one attached hydrogen (secondary N) is 1. The highest BCUT2D eigenvalue weighted by atomic mass is 35.5. The topological polar surface area (TPSA) is 91.8 Å². The van der Waals surface area contributed by atoms with Gasteiger partial charge in [0.15, 0.2) is 0 Å². The van der Waals surface area contributed by atoms with Crippen LogP contribution in [-0.4, -0.2) is 52.2 Å². The van der Waals surface area contributed by atoms with Crippen LogP contribution in [0.3, 0.4) is 0 Å². The number of aromatic nitrogens is 1. The van der Waals surface area contributed by atoms with E-state index in [0.29, 0.717) is 18.0 Å². The molecule has 1 aliphatic rings. The molecule has 27 heavy (non-hydrogen) atoms. The molecule has 0 aliphatic carbocycles. The maximum atomic E-state index is 12.3. The smallest absolute Gasteiger partial charge is 0.410 e. The average molecular weight is 390 g/mol. The molecule has 142 valence electrons. The number of piperidine rings is 1. The van der Waals surface area contributed by atoms with E-state index in [2.05, 4.69) is 10.3 Å². The number of rotatable bonds is 4. The molecule has 2 aromatic rings. The Bertz CT molecular complexity index is 785. The number of nitrogens with zero attached hydrogens (tertiary/aromatic N) is 2. The standard InChI is InChI=1S/C19H20ClN3O4/c20-14-6-7-15(21-10-14)18(25)22-16-11-23(9-8-17(16)24)19(26)27-12-13-4-2-1-3-5-13/h1-7,10,16-17,24H,8-9,11-12H2,(H,22,25)/t16-,17-/m1/s1. The molecule has 2 amide bonds. The Morgan fingerprint density at radius 2 is 2.04 bits per heavy atom. The summed E-state index contributed by atoms with van der Waals surface area (Å²) in [6.07, 6.45) is 0.495. The molecule has 0 radical (unpaired) electrons. The Labute approximate surface area is 161 Å². The van der Waals surface area contributed by atoms with Crippen LogP contribution in [0.25, 0.3) is 0 Å². The number of halogens is 1. The summed E-state index contributed by atoms with van der Waals surface area (Å²) in [7, 11) is 0. The molecule has 2 N–H and O–H groups in total. The van der Waals surface area contributed by atoms with Gasteiger partial charge in [-0.05, 0) is 24.1 Å². The maximum Gasteiger partial charge on any atom is 0.410 e. The lowest BCUT2D eigenvalue weighted by molar-refractivity contribution is 0.0323. The minimum atomic E-state index is -0.751. The first-order chi connectivity index (χ1) is 13.0. The molecule has 3 rings (SSSR count). The average Bonchev–Trinajstić information content (AvgIpc) is 2.69. The fourth-order valence-electron chi connectivity index (χ4n) is 2.81. The molecular formula is C19H20ClN3O4. The fraction of sp³-hybridized carbons (Fsp3) is 0.316. The number of benzene rings is 1. The summed E-state index contributed by atoms with van der Waals surface area (Å²) < 4.78 is 5.32. The van der Waals surface area contributed by atoms with E-state index in [4.69, 9.17) is 16.3 Å². The summed E-state index contributed by atoms with van der Waals surface area (Å²) in [4.78, 5) is 30.0. The molecule has 0 unspecified atom stereocenters. The Morgan fingerprint density at radius 3 is 2.74 bits per heavy atom. The molecule has 1 aromatic carbocycles. The van der Waals surface area contributed by atoms with Crippen molar-refractivity contribution in [1.29, 1.82) is 0 Å². The Hall–Kier alpha value is -2.64. The lowest BCUT2D eigenvalue weighted by atomic mass is 10.0. The van der Waals surface area contributed by atoms with E-state index in [1.165, 1.54) is 17.2 Å². The normalized spacial score (nSPS) is 19.4. The summed E-state index contributed by atoms with van der Waals surface area (Å²) in [5, 5.41) is 13.3. The van der Waals surface area contributed by atoms with Crippen LogP contribution in [0.5, 0.6) is 0 Å². The van der Waals surface area contributed by atoms with E-state index in [1.807, 2.05) is 30.3 Å². The molecule has 2 heterocycles. The Balaban J connectivity index is 1.56. The van der Waals surface area contributed by atoms with Gasteiger partial charge in [0.1, 0.15) is 12.3 Å². The van der Waals surface area contributed by atoms with Gasteiger partial charge in [-0.25, -0.2) is 9.78 Å². The van der Waals surface area contributed by atoms with E-state index in [-0.39, 0.29) is 18.8 Å². The number of ether oxygens (including phenoxy) is 1.